The summed E-state index contributed by atoms with van der Waals surface area (Å²) < 4.78 is 6.30. The van der Waals surface area contributed by atoms with Gasteiger partial charge in [0, 0.05) is 17.8 Å². The fourth-order valence-electron chi connectivity index (χ4n) is 1.95. The molecule has 0 radical (unpaired) electrons. The van der Waals surface area contributed by atoms with Crippen molar-refractivity contribution in [2.24, 2.45) is 5.92 Å². The fourth-order valence-corrected chi connectivity index (χ4v) is 2.45. The molecule has 1 aliphatic carbocycles. The van der Waals surface area contributed by atoms with Crippen LogP contribution in [0.4, 0.5) is 0 Å². The van der Waals surface area contributed by atoms with Crippen LogP contribution in [0, 0.1) is 12.8 Å². The maximum Gasteiger partial charge on any atom is 0.358 e. The molecule has 2 heterocycles. The third-order valence-electron chi connectivity index (χ3n) is 3.28. The number of pyridine rings is 1. The van der Waals surface area contributed by atoms with Gasteiger partial charge in [-0.05, 0) is 25.5 Å². The summed E-state index contributed by atoms with van der Waals surface area (Å²) in [6.07, 6.45) is 2.34. The Labute approximate surface area is 120 Å². The molecular formula is C13H12Cl2N2O2. The Kier molecular flexibility index (Phi) is 2.95. The largest absolute Gasteiger partial charge is 0.461 e. The van der Waals surface area contributed by atoms with E-state index in [1.165, 1.54) is 0 Å². The van der Waals surface area contributed by atoms with E-state index in [0.717, 1.165) is 11.3 Å². The van der Waals surface area contributed by atoms with Crippen LogP contribution >= 0.6 is 23.2 Å². The van der Waals surface area contributed by atoms with Gasteiger partial charge in [-0.3, -0.25) is 0 Å². The van der Waals surface area contributed by atoms with Crippen molar-refractivity contribution >= 4 is 34.8 Å². The highest BCUT2D eigenvalue weighted by Gasteiger charge is 2.52. The van der Waals surface area contributed by atoms with Gasteiger partial charge in [0.05, 0.1) is 6.61 Å². The van der Waals surface area contributed by atoms with Crippen molar-refractivity contribution in [3.63, 3.8) is 0 Å². The number of alkyl halides is 2. The summed E-state index contributed by atoms with van der Waals surface area (Å²) in [5.74, 6) is -0.419. The molecule has 0 amide bonds. The number of rotatable bonds is 3. The molecule has 100 valence electrons. The summed E-state index contributed by atoms with van der Waals surface area (Å²) in [4.78, 5) is 16.1. The smallest absolute Gasteiger partial charge is 0.358 e. The predicted molar refractivity (Wildman–Crippen MR) is 72.8 cm³/mol. The van der Waals surface area contributed by atoms with Crippen molar-refractivity contribution in [1.29, 1.82) is 0 Å². The van der Waals surface area contributed by atoms with Gasteiger partial charge in [0.15, 0.2) is 5.69 Å². The van der Waals surface area contributed by atoms with Gasteiger partial charge in [-0.25, -0.2) is 9.78 Å². The third kappa shape index (κ3) is 2.42. The van der Waals surface area contributed by atoms with Crippen molar-refractivity contribution in [3.8, 4) is 0 Å². The first-order valence-corrected chi connectivity index (χ1v) is 6.72. The Morgan fingerprint density at radius 2 is 2.32 bits per heavy atom. The molecule has 1 atom stereocenters. The Bertz CT molecular complexity index is 651. The maximum absolute atomic E-state index is 11.9. The zero-order valence-corrected chi connectivity index (χ0v) is 11.8. The van der Waals surface area contributed by atoms with Gasteiger partial charge in [0.25, 0.3) is 0 Å². The number of ether oxygens (including phenoxy) is 1. The number of carbonyl (C=O) groups is 1. The molecular weight excluding hydrogens is 287 g/mol. The van der Waals surface area contributed by atoms with Crippen LogP contribution in [-0.2, 0) is 4.74 Å². The minimum Gasteiger partial charge on any atom is -0.461 e. The summed E-state index contributed by atoms with van der Waals surface area (Å²) in [5.41, 5.74) is 2.03. The molecule has 1 fully saturated rings. The average molecular weight is 299 g/mol. The van der Waals surface area contributed by atoms with Crippen LogP contribution in [0.25, 0.3) is 5.65 Å². The maximum atomic E-state index is 11.9. The van der Waals surface area contributed by atoms with Gasteiger partial charge < -0.3 is 9.14 Å². The zero-order chi connectivity index (χ0) is 13.6. The van der Waals surface area contributed by atoms with Gasteiger partial charge in [-0.15, -0.1) is 23.2 Å². The first-order valence-electron chi connectivity index (χ1n) is 5.97. The normalized spacial score (nSPS) is 20.5. The second kappa shape index (κ2) is 4.39. The molecule has 0 aromatic carbocycles. The van der Waals surface area contributed by atoms with E-state index in [0.29, 0.717) is 12.1 Å². The number of aryl methyl sites for hydroxylation is 1. The summed E-state index contributed by atoms with van der Waals surface area (Å²) in [6.45, 7) is 2.18. The molecule has 0 aliphatic heterocycles. The van der Waals surface area contributed by atoms with E-state index >= 15 is 0 Å². The Balaban J connectivity index is 1.73. The highest BCUT2D eigenvalue weighted by Crippen LogP contribution is 2.53. The van der Waals surface area contributed by atoms with E-state index < -0.39 is 10.3 Å². The SMILES string of the molecule is Cc1cccc2nc(C(=O)OC[C@@H]3CC3(Cl)Cl)cn12. The number of imidazole rings is 1. The molecule has 0 bridgehead atoms. The van der Waals surface area contributed by atoms with Crippen molar-refractivity contribution < 1.29 is 9.53 Å². The van der Waals surface area contributed by atoms with E-state index in [4.69, 9.17) is 27.9 Å². The van der Waals surface area contributed by atoms with Crippen molar-refractivity contribution in [2.45, 2.75) is 17.7 Å². The van der Waals surface area contributed by atoms with Crippen LogP contribution in [0.1, 0.15) is 22.6 Å². The lowest BCUT2D eigenvalue weighted by molar-refractivity contribution is 0.0479. The number of esters is 1. The quantitative estimate of drug-likeness (QED) is 0.646. The second-order valence-electron chi connectivity index (χ2n) is 4.78. The van der Waals surface area contributed by atoms with Crippen LogP contribution in [0.15, 0.2) is 24.4 Å². The second-order valence-corrected chi connectivity index (χ2v) is 6.32. The number of hydrogen-bond donors (Lipinski definition) is 0. The van der Waals surface area contributed by atoms with E-state index in [2.05, 4.69) is 4.98 Å². The molecule has 1 saturated carbocycles. The van der Waals surface area contributed by atoms with Gasteiger partial charge in [0.1, 0.15) is 9.98 Å². The number of hydrogen-bond acceptors (Lipinski definition) is 3. The Hall–Kier alpha value is -1.26. The number of carbonyl (C=O) groups excluding carboxylic acids is 1. The van der Waals surface area contributed by atoms with Crippen LogP contribution in [0.3, 0.4) is 0 Å². The van der Waals surface area contributed by atoms with E-state index in [1.54, 1.807) is 6.20 Å². The summed E-state index contributed by atoms with van der Waals surface area (Å²) in [7, 11) is 0. The van der Waals surface area contributed by atoms with Crippen molar-refractivity contribution in [2.75, 3.05) is 6.61 Å². The average Bonchev–Trinajstić information content (AvgIpc) is 2.78. The topological polar surface area (TPSA) is 43.6 Å². The number of aromatic nitrogens is 2. The lowest BCUT2D eigenvalue weighted by atomic mass is 10.4. The summed E-state index contributed by atoms with van der Waals surface area (Å²) in [6, 6.07) is 5.68. The predicted octanol–water partition coefficient (Wildman–Crippen LogP) is 2.99. The molecule has 2 aromatic heterocycles. The van der Waals surface area contributed by atoms with E-state index in [1.807, 2.05) is 29.5 Å². The molecule has 0 N–H and O–H groups in total. The molecule has 6 heteroatoms. The molecule has 3 rings (SSSR count). The fraction of sp³-hybridized carbons (Fsp3) is 0.385. The van der Waals surface area contributed by atoms with Crippen LogP contribution in [-0.4, -0.2) is 26.3 Å². The van der Waals surface area contributed by atoms with Gasteiger partial charge in [-0.2, -0.15) is 0 Å². The number of fused-ring (bicyclic) bond motifs is 1. The number of halogens is 2. The van der Waals surface area contributed by atoms with E-state index in [9.17, 15) is 4.79 Å². The monoisotopic (exact) mass is 298 g/mol. The highest BCUT2D eigenvalue weighted by atomic mass is 35.5. The zero-order valence-electron chi connectivity index (χ0n) is 10.3. The molecule has 4 nitrogen and oxygen atoms in total. The first-order chi connectivity index (χ1) is 8.97. The minimum absolute atomic E-state index is 0.0264. The van der Waals surface area contributed by atoms with E-state index in [-0.39, 0.29) is 12.5 Å². The van der Waals surface area contributed by atoms with Crippen molar-refractivity contribution in [3.05, 3.63) is 35.8 Å². The summed E-state index contributed by atoms with van der Waals surface area (Å²) in [5, 5.41) is 0. The van der Waals surface area contributed by atoms with Gasteiger partial charge in [0.2, 0.25) is 0 Å². The lowest BCUT2D eigenvalue weighted by Crippen LogP contribution is -2.10. The Morgan fingerprint density at radius 1 is 1.58 bits per heavy atom. The van der Waals surface area contributed by atoms with Gasteiger partial charge >= 0.3 is 5.97 Å². The molecule has 1 aliphatic rings. The summed E-state index contributed by atoms with van der Waals surface area (Å²) >= 11 is 11.8. The molecule has 19 heavy (non-hydrogen) atoms. The lowest BCUT2D eigenvalue weighted by Gasteiger charge is -2.01. The van der Waals surface area contributed by atoms with Crippen molar-refractivity contribution in [1.82, 2.24) is 9.38 Å². The van der Waals surface area contributed by atoms with Crippen LogP contribution < -0.4 is 0 Å². The van der Waals surface area contributed by atoms with Crippen LogP contribution in [0.5, 0.6) is 0 Å². The highest BCUT2D eigenvalue weighted by molar-refractivity contribution is 6.50. The molecule has 2 aromatic rings. The Morgan fingerprint density at radius 3 is 2.95 bits per heavy atom. The minimum atomic E-state index is -0.726. The van der Waals surface area contributed by atoms with Crippen LogP contribution in [0.2, 0.25) is 0 Å². The number of nitrogens with zero attached hydrogens (tertiary/aromatic N) is 2. The molecule has 0 unspecified atom stereocenters. The first kappa shape index (κ1) is 12.8. The third-order valence-corrected chi connectivity index (χ3v) is 4.20. The molecule has 0 spiro atoms. The standard InChI is InChI=1S/C13H12Cl2N2O2/c1-8-3-2-4-11-16-10(6-17(8)11)12(18)19-7-9-5-13(9,14)15/h2-4,6,9H,5,7H2,1H3/t9-/m0/s1. The van der Waals surface area contributed by atoms with Gasteiger partial charge in [-0.1, -0.05) is 6.07 Å². The molecule has 0 saturated heterocycles.